The van der Waals surface area contributed by atoms with Crippen LogP contribution in [-0.4, -0.2) is 37.2 Å². The highest BCUT2D eigenvalue weighted by molar-refractivity contribution is 5.99. The number of methoxy groups -OCH3 is 1. The van der Waals surface area contributed by atoms with E-state index < -0.39 is 5.97 Å². The highest BCUT2D eigenvalue weighted by Crippen LogP contribution is 2.42. The minimum absolute atomic E-state index is 0.0221. The maximum absolute atomic E-state index is 12.2. The van der Waals surface area contributed by atoms with Crippen LogP contribution in [0.5, 0.6) is 11.5 Å². The van der Waals surface area contributed by atoms with Crippen LogP contribution < -0.4 is 14.4 Å². The highest BCUT2D eigenvalue weighted by atomic mass is 16.5. The van der Waals surface area contributed by atoms with Crippen LogP contribution in [0.4, 0.5) is 5.69 Å². The molecule has 0 saturated carbocycles. The first-order chi connectivity index (χ1) is 10.9. The van der Waals surface area contributed by atoms with Crippen molar-refractivity contribution in [2.75, 3.05) is 25.2 Å². The molecule has 0 aliphatic carbocycles. The third-order valence-electron chi connectivity index (χ3n) is 3.56. The van der Waals surface area contributed by atoms with Crippen LogP contribution in [0.15, 0.2) is 18.2 Å². The largest absolute Gasteiger partial charge is 0.493 e. The predicted octanol–water partition coefficient (Wildman–Crippen LogP) is 2.56. The van der Waals surface area contributed by atoms with E-state index in [0.717, 1.165) is 12.5 Å². The first-order valence-electron chi connectivity index (χ1n) is 7.48. The second-order valence-electron chi connectivity index (χ2n) is 5.76. The SMILES string of the molecule is COc1cc(/C=C/C(=O)O)cc2c1OCC(=O)N2CCC(C)C. The van der Waals surface area contributed by atoms with Crippen molar-refractivity contribution in [2.24, 2.45) is 5.92 Å². The van der Waals surface area contributed by atoms with Crippen LogP contribution in [0.2, 0.25) is 0 Å². The van der Waals surface area contributed by atoms with Gasteiger partial charge in [0.2, 0.25) is 0 Å². The summed E-state index contributed by atoms with van der Waals surface area (Å²) in [5.74, 6) is 0.314. The second-order valence-corrected chi connectivity index (χ2v) is 5.76. The summed E-state index contributed by atoms with van der Waals surface area (Å²) in [7, 11) is 1.51. The lowest BCUT2D eigenvalue weighted by Gasteiger charge is -2.31. The van der Waals surface area contributed by atoms with E-state index in [0.29, 0.717) is 35.2 Å². The average molecular weight is 319 g/mol. The zero-order valence-corrected chi connectivity index (χ0v) is 13.5. The molecule has 6 nitrogen and oxygen atoms in total. The molecule has 0 unspecified atom stereocenters. The molecular formula is C17H21NO5. The Morgan fingerprint density at radius 1 is 1.48 bits per heavy atom. The highest BCUT2D eigenvalue weighted by Gasteiger charge is 2.28. The number of hydrogen-bond donors (Lipinski definition) is 1. The van der Waals surface area contributed by atoms with Gasteiger partial charge in [0, 0.05) is 12.6 Å². The number of carbonyl (C=O) groups is 2. The van der Waals surface area contributed by atoms with Gasteiger partial charge in [0.05, 0.1) is 12.8 Å². The predicted molar refractivity (Wildman–Crippen MR) is 87.0 cm³/mol. The van der Waals surface area contributed by atoms with Gasteiger partial charge in [0.1, 0.15) is 0 Å². The number of hydrogen-bond acceptors (Lipinski definition) is 4. The summed E-state index contributed by atoms with van der Waals surface area (Å²) in [6.07, 6.45) is 3.37. The molecule has 1 aromatic carbocycles. The number of fused-ring (bicyclic) bond motifs is 1. The van der Waals surface area contributed by atoms with Gasteiger partial charge >= 0.3 is 5.97 Å². The molecule has 1 N–H and O–H groups in total. The van der Waals surface area contributed by atoms with Crippen LogP contribution in [0, 0.1) is 5.92 Å². The van der Waals surface area contributed by atoms with Crippen molar-refractivity contribution in [3.8, 4) is 11.5 Å². The lowest BCUT2D eigenvalue weighted by Crippen LogP contribution is -2.40. The van der Waals surface area contributed by atoms with Crippen molar-refractivity contribution in [1.29, 1.82) is 0 Å². The van der Waals surface area contributed by atoms with Gasteiger partial charge in [-0.15, -0.1) is 0 Å². The standard InChI is InChI=1S/C17H21NO5/c1-11(2)6-7-18-13-8-12(4-5-16(20)21)9-14(22-3)17(13)23-10-15(18)19/h4-5,8-9,11H,6-7,10H2,1-3H3,(H,20,21)/b5-4+. The number of aliphatic carboxylic acids is 1. The molecule has 1 aromatic rings. The van der Waals surface area contributed by atoms with Gasteiger partial charge in [-0.1, -0.05) is 13.8 Å². The van der Waals surface area contributed by atoms with Crippen LogP contribution in [0.3, 0.4) is 0 Å². The Labute approximate surface area is 135 Å². The number of anilines is 1. The number of amides is 1. The summed E-state index contributed by atoms with van der Waals surface area (Å²) in [5, 5.41) is 8.77. The Balaban J connectivity index is 2.43. The van der Waals surface area contributed by atoms with Crippen LogP contribution in [0.25, 0.3) is 6.08 Å². The molecule has 0 saturated heterocycles. The molecule has 0 radical (unpaired) electrons. The minimum atomic E-state index is -1.04. The van der Waals surface area contributed by atoms with E-state index in [-0.39, 0.29) is 12.5 Å². The Bertz CT molecular complexity index is 636. The summed E-state index contributed by atoms with van der Waals surface area (Å²) in [6.45, 7) is 4.75. The van der Waals surface area contributed by atoms with E-state index in [1.54, 1.807) is 17.0 Å². The average Bonchev–Trinajstić information content (AvgIpc) is 2.50. The van der Waals surface area contributed by atoms with E-state index in [2.05, 4.69) is 13.8 Å². The summed E-state index contributed by atoms with van der Waals surface area (Å²) in [5.41, 5.74) is 1.25. The molecule has 23 heavy (non-hydrogen) atoms. The molecule has 0 spiro atoms. The van der Waals surface area contributed by atoms with Gasteiger partial charge in [-0.3, -0.25) is 4.79 Å². The van der Waals surface area contributed by atoms with Gasteiger partial charge in [0.25, 0.3) is 5.91 Å². The summed E-state index contributed by atoms with van der Waals surface area (Å²) in [6, 6.07) is 3.43. The third-order valence-corrected chi connectivity index (χ3v) is 3.56. The molecule has 0 aromatic heterocycles. The molecule has 1 heterocycles. The fourth-order valence-electron chi connectivity index (χ4n) is 2.35. The molecule has 6 heteroatoms. The number of rotatable bonds is 6. The van der Waals surface area contributed by atoms with Gasteiger partial charge in [-0.25, -0.2) is 4.79 Å². The van der Waals surface area contributed by atoms with Crippen molar-refractivity contribution in [1.82, 2.24) is 0 Å². The maximum Gasteiger partial charge on any atom is 0.328 e. The summed E-state index contributed by atoms with van der Waals surface area (Å²) < 4.78 is 10.8. The van der Waals surface area contributed by atoms with Gasteiger partial charge < -0.3 is 19.5 Å². The van der Waals surface area contributed by atoms with Crippen molar-refractivity contribution in [3.63, 3.8) is 0 Å². The smallest absolute Gasteiger partial charge is 0.328 e. The first kappa shape index (κ1) is 16.9. The van der Waals surface area contributed by atoms with Crippen molar-refractivity contribution < 1.29 is 24.2 Å². The lowest BCUT2D eigenvalue weighted by atomic mass is 10.1. The minimum Gasteiger partial charge on any atom is -0.493 e. The monoisotopic (exact) mass is 319 g/mol. The number of nitrogens with zero attached hydrogens (tertiary/aromatic N) is 1. The van der Waals surface area contributed by atoms with E-state index >= 15 is 0 Å². The number of benzene rings is 1. The van der Waals surface area contributed by atoms with E-state index in [4.69, 9.17) is 14.6 Å². The molecular weight excluding hydrogens is 298 g/mol. The van der Waals surface area contributed by atoms with E-state index in [1.807, 2.05) is 0 Å². The first-order valence-corrected chi connectivity index (χ1v) is 7.48. The van der Waals surface area contributed by atoms with Gasteiger partial charge in [-0.05, 0) is 36.1 Å². The quantitative estimate of drug-likeness (QED) is 0.816. The Morgan fingerprint density at radius 3 is 2.83 bits per heavy atom. The van der Waals surface area contributed by atoms with Crippen molar-refractivity contribution in [2.45, 2.75) is 20.3 Å². The molecule has 0 fully saturated rings. The van der Waals surface area contributed by atoms with Gasteiger partial charge in [-0.2, -0.15) is 0 Å². The second kappa shape index (κ2) is 7.17. The number of carbonyl (C=O) groups excluding carboxylic acids is 1. The maximum atomic E-state index is 12.2. The fourth-order valence-corrected chi connectivity index (χ4v) is 2.35. The molecule has 0 bridgehead atoms. The number of carboxylic acid groups (broad SMARTS) is 1. The summed E-state index contributed by atoms with van der Waals surface area (Å²) >= 11 is 0. The Hall–Kier alpha value is -2.50. The Kier molecular flexibility index (Phi) is 5.26. The molecule has 0 atom stereocenters. The molecule has 1 aliphatic heterocycles. The van der Waals surface area contributed by atoms with E-state index in [1.165, 1.54) is 13.2 Å². The van der Waals surface area contributed by atoms with Crippen LogP contribution in [-0.2, 0) is 9.59 Å². The van der Waals surface area contributed by atoms with Crippen LogP contribution >= 0.6 is 0 Å². The number of ether oxygens (including phenoxy) is 2. The summed E-state index contributed by atoms with van der Waals surface area (Å²) in [4.78, 5) is 24.6. The van der Waals surface area contributed by atoms with Gasteiger partial charge in [0.15, 0.2) is 18.1 Å². The zero-order valence-electron chi connectivity index (χ0n) is 13.5. The van der Waals surface area contributed by atoms with Crippen molar-refractivity contribution >= 4 is 23.6 Å². The van der Waals surface area contributed by atoms with E-state index in [9.17, 15) is 9.59 Å². The molecule has 1 aliphatic rings. The Morgan fingerprint density at radius 2 is 2.22 bits per heavy atom. The molecule has 1 amide bonds. The topological polar surface area (TPSA) is 76.1 Å². The molecule has 124 valence electrons. The lowest BCUT2D eigenvalue weighted by molar-refractivity contribution is -0.131. The van der Waals surface area contributed by atoms with Crippen molar-refractivity contribution in [3.05, 3.63) is 23.8 Å². The van der Waals surface area contributed by atoms with Crippen LogP contribution in [0.1, 0.15) is 25.8 Å². The zero-order chi connectivity index (χ0) is 17.0. The fraction of sp³-hybridized carbons (Fsp3) is 0.412. The third kappa shape index (κ3) is 4.03. The molecule has 2 rings (SSSR count). The number of carboxylic acids is 1. The normalized spacial score (nSPS) is 14.1.